The van der Waals surface area contributed by atoms with Crippen LogP contribution in [0.5, 0.6) is 0 Å². The van der Waals surface area contributed by atoms with Crippen LogP contribution in [0.25, 0.3) is 0 Å². The molecule has 1 unspecified atom stereocenters. The summed E-state index contributed by atoms with van der Waals surface area (Å²) in [6, 6.07) is 8.74. The molecular weight excluding hydrogens is 182 g/mol. The predicted octanol–water partition coefficient (Wildman–Crippen LogP) is 3.38. The third kappa shape index (κ3) is 1.56. The minimum Gasteiger partial charge on any atom is -0.385 e. The van der Waals surface area contributed by atoms with Crippen LogP contribution >= 0.6 is 0 Å². The second-order valence-electron chi connectivity index (χ2n) is 4.81. The summed E-state index contributed by atoms with van der Waals surface area (Å²) < 4.78 is 0. The number of para-hydroxylation sites is 1. The number of fused-ring (bicyclic) bond motifs is 1. The molecule has 78 valence electrons. The zero-order chi connectivity index (χ0) is 10.1. The van der Waals surface area contributed by atoms with E-state index >= 15 is 0 Å². The molecule has 0 fully saturated rings. The quantitative estimate of drug-likeness (QED) is 0.632. The molecular formula is C14H17N. The Morgan fingerprint density at radius 3 is 2.93 bits per heavy atom. The molecule has 0 aromatic heterocycles. The number of allylic oxidation sites excluding steroid dienone is 2. The Kier molecular flexibility index (Phi) is 2.05. The highest BCUT2D eigenvalue weighted by molar-refractivity contribution is 5.52. The number of hydrogen-bond acceptors (Lipinski definition) is 1. The van der Waals surface area contributed by atoms with Gasteiger partial charge in [0.1, 0.15) is 0 Å². The number of nitrogens with one attached hydrogen (secondary N) is 1. The van der Waals surface area contributed by atoms with Crippen LogP contribution in [0.3, 0.4) is 0 Å². The SMILES string of the molecule is C1=CC2(CC1)CCNc1ccccc1C2. The molecule has 1 aromatic rings. The highest BCUT2D eigenvalue weighted by Crippen LogP contribution is 2.41. The molecule has 0 saturated heterocycles. The molecule has 1 heterocycles. The van der Waals surface area contributed by atoms with Crippen LogP contribution in [-0.4, -0.2) is 6.54 Å². The van der Waals surface area contributed by atoms with Gasteiger partial charge in [-0.1, -0.05) is 30.4 Å². The van der Waals surface area contributed by atoms with Gasteiger partial charge in [0.2, 0.25) is 0 Å². The largest absolute Gasteiger partial charge is 0.385 e. The van der Waals surface area contributed by atoms with E-state index in [1.165, 1.54) is 36.9 Å². The molecule has 1 spiro atoms. The van der Waals surface area contributed by atoms with Crippen LogP contribution in [0.15, 0.2) is 36.4 Å². The predicted molar refractivity (Wildman–Crippen MR) is 64.1 cm³/mol. The Hall–Kier alpha value is -1.24. The van der Waals surface area contributed by atoms with Gasteiger partial charge in [-0.05, 0) is 42.7 Å². The van der Waals surface area contributed by atoms with Crippen molar-refractivity contribution in [1.82, 2.24) is 0 Å². The molecule has 1 aromatic carbocycles. The number of anilines is 1. The highest BCUT2D eigenvalue weighted by atomic mass is 14.9. The molecule has 0 saturated carbocycles. The first-order valence-electron chi connectivity index (χ1n) is 5.88. The van der Waals surface area contributed by atoms with Crippen molar-refractivity contribution in [3.8, 4) is 0 Å². The summed E-state index contributed by atoms with van der Waals surface area (Å²) >= 11 is 0. The maximum Gasteiger partial charge on any atom is 0.0373 e. The molecule has 0 radical (unpaired) electrons. The van der Waals surface area contributed by atoms with Gasteiger partial charge in [0.05, 0.1) is 0 Å². The fourth-order valence-electron chi connectivity index (χ4n) is 2.90. The van der Waals surface area contributed by atoms with E-state index in [2.05, 4.69) is 41.7 Å². The van der Waals surface area contributed by atoms with Crippen molar-refractivity contribution in [2.24, 2.45) is 5.41 Å². The summed E-state index contributed by atoms with van der Waals surface area (Å²) in [4.78, 5) is 0. The number of rotatable bonds is 0. The van der Waals surface area contributed by atoms with Crippen molar-refractivity contribution in [1.29, 1.82) is 0 Å². The van der Waals surface area contributed by atoms with Crippen LogP contribution in [0.4, 0.5) is 5.69 Å². The maximum absolute atomic E-state index is 3.54. The zero-order valence-electron chi connectivity index (χ0n) is 9.00. The van der Waals surface area contributed by atoms with Crippen LogP contribution < -0.4 is 5.32 Å². The van der Waals surface area contributed by atoms with E-state index in [0.29, 0.717) is 5.41 Å². The first-order valence-corrected chi connectivity index (χ1v) is 5.88. The van der Waals surface area contributed by atoms with Crippen molar-refractivity contribution in [2.75, 3.05) is 11.9 Å². The van der Waals surface area contributed by atoms with Crippen LogP contribution in [-0.2, 0) is 6.42 Å². The van der Waals surface area contributed by atoms with Gasteiger partial charge >= 0.3 is 0 Å². The van der Waals surface area contributed by atoms with Crippen LogP contribution in [0.1, 0.15) is 24.8 Å². The van der Waals surface area contributed by atoms with Gasteiger partial charge in [-0.25, -0.2) is 0 Å². The Morgan fingerprint density at radius 1 is 1.13 bits per heavy atom. The van der Waals surface area contributed by atoms with E-state index in [-0.39, 0.29) is 0 Å². The van der Waals surface area contributed by atoms with Crippen molar-refractivity contribution in [3.63, 3.8) is 0 Å². The Morgan fingerprint density at radius 2 is 2.07 bits per heavy atom. The van der Waals surface area contributed by atoms with E-state index in [4.69, 9.17) is 0 Å². The topological polar surface area (TPSA) is 12.0 Å². The second kappa shape index (κ2) is 3.41. The molecule has 1 atom stereocenters. The Bertz CT molecular complexity index is 394. The molecule has 1 nitrogen and oxygen atoms in total. The van der Waals surface area contributed by atoms with Gasteiger partial charge in [0.15, 0.2) is 0 Å². The zero-order valence-corrected chi connectivity index (χ0v) is 9.00. The van der Waals surface area contributed by atoms with Gasteiger partial charge in [0, 0.05) is 12.2 Å². The first-order chi connectivity index (χ1) is 7.38. The average Bonchev–Trinajstić information content (AvgIpc) is 2.61. The van der Waals surface area contributed by atoms with Crippen molar-refractivity contribution < 1.29 is 0 Å². The summed E-state index contributed by atoms with van der Waals surface area (Å²) in [6.07, 6.45) is 9.90. The minimum absolute atomic E-state index is 0.458. The molecule has 1 aliphatic carbocycles. The molecule has 1 aliphatic heterocycles. The van der Waals surface area contributed by atoms with E-state index in [1.54, 1.807) is 0 Å². The molecule has 1 heteroatoms. The Balaban J connectivity index is 1.97. The maximum atomic E-state index is 3.54. The summed E-state index contributed by atoms with van der Waals surface area (Å²) in [5.41, 5.74) is 3.29. The van der Waals surface area contributed by atoms with Crippen molar-refractivity contribution >= 4 is 5.69 Å². The van der Waals surface area contributed by atoms with Gasteiger partial charge in [-0.2, -0.15) is 0 Å². The first kappa shape index (κ1) is 9.02. The molecule has 0 bridgehead atoms. The lowest BCUT2D eigenvalue weighted by Crippen LogP contribution is -2.19. The van der Waals surface area contributed by atoms with Gasteiger partial charge < -0.3 is 5.32 Å². The lowest BCUT2D eigenvalue weighted by atomic mass is 9.79. The van der Waals surface area contributed by atoms with Gasteiger partial charge in [-0.3, -0.25) is 0 Å². The summed E-state index contributed by atoms with van der Waals surface area (Å²) in [6.45, 7) is 1.11. The van der Waals surface area contributed by atoms with Crippen LogP contribution in [0.2, 0.25) is 0 Å². The second-order valence-corrected chi connectivity index (χ2v) is 4.81. The fraction of sp³-hybridized carbons (Fsp3) is 0.429. The number of benzene rings is 1. The average molecular weight is 199 g/mol. The van der Waals surface area contributed by atoms with E-state index < -0.39 is 0 Å². The van der Waals surface area contributed by atoms with Gasteiger partial charge in [0.25, 0.3) is 0 Å². The summed E-state index contributed by atoms with van der Waals surface area (Å²) in [5, 5.41) is 3.54. The Labute approximate surface area is 91.2 Å². The number of hydrogen-bond donors (Lipinski definition) is 1. The normalized spacial score (nSPS) is 28.5. The standard InChI is InChI=1S/C14H17N/c1-2-6-13-12(5-1)11-14(9-10-15-13)7-3-4-8-14/h1-3,5-7,15H,4,8-11H2. The molecule has 15 heavy (non-hydrogen) atoms. The van der Waals surface area contributed by atoms with Gasteiger partial charge in [-0.15, -0.1) is 0 Å². The molecule has 1 N–H and O–H groups in total. The third-order valence-electron chi connectivity index (χ3n) is 3.78. The summed E-state index contributed by atoms with van der Waals surface area (Å²) in [5.74, 6) is 0. The summed E-state index contributed by atoms with van der Waals surface area (Å²) in [7, 11) is 0. The minimum atomic E-state index is 0.458. The van der Waals surface area contributed by atoms with Crippen LogP contribution in [0, 0.1) is 5.41 Å². The lowest BCUT2D eigenvalue weighted by molar-refractivity contribution is 0.357. The third-order valence-corrected chi connectivity index (χ3v) is 3.78. The van der Waals surface area contributed by atoms with Crippen molar-refractivity contribution in [2.45, 2.75) is 25.7 Å². The van der Waals surface area contributed by atoms with E-state index in [0.717, 1.165) is 6.54 Å². The monoisotopic (exact) mass is 199 g/mol. The van der Waals surface area contributed by atoms with E-state index in [9.17, 15) is 0 Å². The highest BCUT2D eigenvalue weighted by Gasteiger charge is 2.31. The fourth-order valence-corrected chi connectivity index (χ4v) is 2.90. The molecule has 3 rings (SSSR count). The van der Waals surface area contributed by atoms with E-state index in [1.807, 2.05) is 0 Å². The van der Waals surface area contributed by atoms with Crippen molar-refractivity contribution in [3.05, 3.63) is 42.0 Å². The smallest absolute Gasteiger partial charge is 0.0373 e. The molecule has 0 amide bonds. The lowest BCUT2D eigenvalue weighted by Gasteiger charge is -2.25. The molecule has 2 aliphatic rings.